The van der Waals surface area contributed by atoms with Crippen molar-refractivity contribution >= 4 is 0 Å². The van der Waals surface area contributed by atoms with E-state index in [9.17, 15) is 0 Å². The molecule has 120 valence electrons. The van der Waals surface area contributed by atoms with Gasteiger partial charge in [0.25, 0.3) is 0 Å². The van der Waals surface area contributed by atoms with Crippen LogP contribution in [0.25, 0.3) is 0 Å². The van der Waals surface area contributed by atoms with Crippen molar-refractivity contribution in [2.24, 2.45) is 7.05 Å². The molecule has 0 amide bonds. The lowest BCUT2D eigenvalue weighted by Crippen LogP contribution is -2.55. The van der Waals surface area contributed by atoms with Crippen LogP contribution in [0.3, 0.4) is 0 Å². The fraction of sp³-hybridized carbons (Fsp3) is 0.824. The maximum atomic E-state index is 4.68. The Morgan fingerprint density at radius 3 is 2.43 bits per heavy atom. The first-order chi connectivity index (χ1) is 10.2. The number of hydrogen-bond donors (Lipinski definition) is 1. The molecule has 4 nitrogen and oxygen atoms in total. The summed E-state index contributed by atoms with van der Waals surface area (Å²) in [6.45, 7) is 10.1. The molecule has 2 rings (SSSR count). The minimum atomic E-state index is 0.234. The van der Waals surface area contributed by atoms with Gasteiger partial charge < -0.3 is 9.88 Å². The second kappa shape index (κ2) is 7.41. The molecule has 0 radical (unpaired) electrons. The first-order valence-electron chi connectivity index (χ1n) is 8.65. The SMILES string of the molecule is CCCNC(c1nccn1C)C1(N(CC)CC)CCCC1. The molecule has 1 aliphatic carbocycles. The minimum Gasteiger partial charge on any atom is -0.337 e. The van der Waals surface area contributed by atoms with Crippen LogP contribution in [0.4, 0.5) is 0 Å². The number of aryl methyl sites for hydroxylation is 1. The largest absolute Gasteiger partial charge is 0.337 e. The molecule has 0 saturated heterocycles. The quantitative estimate of drug-likeness (QED) is 0.799. The van der Waals surface area contributed by atoms with Crippen LogP contribution >= 0.6 is 0 Å². The van der Waals surface area contributed by atoms with Gasteiger partial charge in [0.15, 0.2) is 0 Å². The van der Waals surface area contributed by atoms with Gasteiger partial charge in [-0.1, -0.05) is 33.6 Å². The summed E-state index contributed by atoms with van der Waals surface area (Å²) < 4.78 is 2.19. The Morgan fingerprint density at radius 2 is 1.95 bits per heavy atom. The maximum absolute atomic E-state index is 4.68. The molecule has 4 heteroatoms. The Morgan fingerprint density at radius 1 is 1.29 bits per heavy atom. The monoisotopic (exact) mass is 292 g/mol. The van der Waals surface area contributed by atoms with Gasteiger partial charge in [-0.2, -0.15) is 0 Å². The number of rotatable bonds is 8. The molecule has 1 atom stereocenters. The van der Waals surface area contributed by atoms with Crippen LogP contribution in [0.5, 0.6) is 0 Å². The predicted molar refractivity (Wildman–Crippen MR) is 88.4 cm³/mol. The topological polar surface area (TPSA) is 33.1 Å². The van der Waals surface area contributed by atoms with E-state index in [1.165, 1.54) is 31.5 Å². The number of hydrogen-bond acceptors (Lipinski definition) is 3. The second-order valence-corrected chi connectivity index (χ2v) is 6.27. The minimum absolute atomic E-state index is 0.234. The van der Waals surface area contributed by atoms with Gasteiger partial charge in [0.1, 0.15) is 5.82 Å². The zero-order valence-electron chi connectivity index (χ0n) is 14.2. The van der Waals surface area contributed by atoms with Gasteiger partial charge in [-0.25, -0.2) is 4.98 Å². The number of nitrogens with one attached hydrogen (secondary N) is 1. The normalized spacial score (nSPS) is 19.3. The van der Waals surface area contributed by atoms with Crippen LogP contribution in [-0.4, -0.2) is 39.6 Å². The zero-order valence-corrected chi connectivity index (χ0v) is 14.2. The maximum Gasteiger partial charge on any atom is 0.127 e. The Hall–Kier alpha value is -0.870. The van der Waals surface area contributed by atoms with E-state index in [0.717, 1.165) is 26.1 Å². The summed E-state index contributed by atoms with van der Waals surface area (Å²) in [5.41, 5.74) is 0.234. The third kappa shape index (κ3) is 3.16. The van der Waals surface area contributed by atoms with Crippen molar-refractivity contribution in [3.63, 3.8) is 0 Å². The van der Waals surface area contributed by atoms with E-state index in [1.54, 1.807) is 0 Å². The van der Waals surface area contributed by atoms with Crippen LogP contribution in [0.15, 0.2) is 12.4 Å². The predicted octanol–water partition coefficient (Wildman–Crippen LogP) is 3.12. The number of imidazole rings is 1. The van der Waals surface area contributed by atoms with E-state index in [-0.39, 0.29) is 5.54 Å². The van der Waals surface area contributed by atoms with E-state index in [4.69, 9.17) is 0 Å². The molecule has 1 aliphatic rings. The molecule has 0 spiro atoms. The molecule has 0 aromatic carbocycles. The lowest BCUT2D eigenvalue weighted by Gasteiger charge is -2.46. The molecule has 1 aromatic rings. The zero-order chi connectivity index (χ0) is 15.3. The van der Waals surface area contributed by atoms with Gasteiger partial charge in [-0.15, -0.1) is 0 Å². The standard InChI is InChI=1S/C17H32N4/c1-5-12-18-15(16-19-13-14-20(16)4)17(10-8-9-11-17)21(6-2)7-3/h13-15,18H,5-12H2,1-4H3. The summed E-state index contributed by atoms with van der Waals surface area (Å²) in [7, 11) is 2.12. The average molecular weight is 292 g/mol. The van der Waals surface area contributed by atoms with Gasteiger partial charge in [0.05, 0.1) is 6.04 Å². The van der Waals surface area contributed by atoms with Crippen LogP contribution in [0, 0.1) is 0 Å². The third-order valence-corrected chi connectivity index (χ3v) is 5.12. The van der Waals surface area contributed by atoms with E-state index in [2.05, 4.69) is 53.8 Å². The highest BCUT2D eigenvalue weighted by atomic mass is 15.3. The van der Waals surface area contributed by atoms with Crippen molar-refractivity contribution in [1.29, 1.82) is 0 Å². The number of nitrogens with zero attached hydrogens (tertiary/aromatic N) is 3. The highest BCUT2D eigenvalue weighted by Crippen LogP contribution is 2.44. The fourth-order valence-electron chi connectivity index (χ4n) is 4.09. The molecular weight excluding hydrogens is 260 g/mol. The van der Waals surface area contributed by atoms with Gasteiger partial charge in [-0.3, -0.25) is 4.90 Å². The smallest absolute Gasteiger partial charge is 0.127 e. The van der Waals surface area contributed by atoms with Gasteiger partial charge >= 0.3 is 0 Å². The first kappa shape index (κ1) is 16.5. The lowest BCUT2D eigenvalue weighted by atomic mass is 9.85. The second-order valence-electron chi connectivity index (χ2n) is 6.27. The van der Waals surface area contributed by atoms with Crippen LogP contribution in [0.1, 0.15) is 64.7 Å². The molecule has 1 N–H and O–H groups in total. The van der Waals surface area contributed by atoms with Crippen LogP contribution in [0.2, 0.25) is 0 Å². The molecule has 1 heterocycles. The summed E-state index contributed by atoms with van der Waals surface area (Å²) in [6.07, 6.45) is 10.4. The highest BCUT2D eigenvalue weighted by molar-refractivity contribution is 5.13. The Labute approximate surface area is 129 Å². The van der Waals surface area contributed by atoms with E-state index in [0.29, 0.717) is 6.04 Å². The van der Waals surface area contributed by atoms with Crippen molar-refractivity contribution in [2.45, 2.75) is 64.5 Å². The van der Waals surface area contributed by atoms with E-state index >= 15 is 0 Å². The summed E-state index contributed by atoms with van der Waals surface area (Å²) in [6, 6.07) is 0.333. The van der Waals surface area contributed by atoms with E-state index in [1.807, 2.05) is 6.20 Å². The van der Waals surface area contributed by atoms with Crippen molar-refractivity contribution in [2.75, 3.05) is 19.6 Å². The van der Waals surface area contributed by atoms with Crippen molar-refractivity contribution in [1.82, 2.24) is 19.8 Å². The van der Waals surface area contributed by atoms with Gasteiger partial charge in [-0.05, 0) is 38.9 Å². The molecule has 1 saturated carbocycles. The van der Waals surface area contributed by atoms with Gasteiger partial charge in [0.2, 0.25) is 0 Å². The Kier molecular flexibility index (Phi) is 5.82. The summed E-state index contributed by atoms with van der Waals surface area (Å²) in [4.78, 5) is 7.35. The first-order valence-corrected chi connectivity index (χ1v) is 8.65. The van der Waals surface area contributed by atoms with E-state index < -0.39 is 0 Å². The summed E-state index contributed by atoms with van der Waals surface area (Å²) in [5, 5.41) is 3.82. The highest BCUT2D eigenvalue weighted by Gasteiger charge is 2.46. The average Bonchev–Trinajstić information content (AvgIpc) is 3.12. The van der Waals surface area contributed by atoms with Crippen molar-refractivity contribution in [3.05, 3.63) is 18.2 Å². The Balaban J connectivity index is 2.38. The van der Waals surface area contributed by atoms with Crippen LogP contribution < -0.4 is 5.32 Å². The molecule has 1 fully saturated rings. The van der Waals surface area contributed by atoms with Crippen LogP contribution in [-0.2, 0) is 7.05 Å². The lowest BCUT2D eigenvalue weighted by molar-refractivity contribution is 0.0584. The number of aromatic nitrogens is 2. The molecule has 21 heavy (non-hydrogen) atoms. The summed E-state index contributed by atoms with van der Waals surface area (Å²) >= 11 is 0. The summed E-state index contributed by atoms with van der Waals surface area (Å²) in [5.74, 6) is 1.19. The molecule has 0 bridgehead atoms. The van der Waals surface area contributed by atoms with Crippen molar-refractivity contribution < 1.29 is 0 Å². The van der Waals surface area contributed by atoms with Crippen molar-refractivity contribution in [3.8, 4) is 0 Å². The van der Waals surface area contributed by atoms with Gasteiger partial charge in [0, 0.05) is 25.0 Å². The number of likely N-dealkylation sites (N-methyl/N-ethyl adjacent to an activating group) is 1. The third-order valence-electron chi connectivity index (χ3n) is 5.12. The molecule has 1 aromatic heterocycles. The molecular formula is C17H32N4. The fourth-order valence-corrected chi connectivity index (χ4v) is 4.09. The Bertz CT molecular complexity index is 416. The molecule has 0 aliphatic heterocycles. The molecule has 1 unspecified atom stereocenters.